The van der Waals surface area contributed by atoms with Crippen molar-refractivity contribution in [1.82, 2.24) is 25.4 Å². The summed E-state index contributed by atoms with van der Waals surface area (Å²) in [5, 5.41) is 16.7. The predicted molar refractivity (Wildman–Crippen MR) is 90.7 cm³/mol. The molecule has 0 atom stereocenters. The average Bonchev–Trinajstić information content (AvgIpc) is 3.32. The van der Waals surface area contributed by atoms with Crippen molar-refractivity contribution in [3.05, 3.63) is 52.6 Å². The van der Waals surface area contributed by atoms with Crippen molar-refractivity contribution in [3.63, 3.8) is 0 Å². The highest BCUT2D eigenvalue weighted by atomic mass is 16.5. The molecule has 0 fully saturated rings. The molecule has 2 aromatic heterocycles. The summed E-state index contributed by atoms with van der Waals surface area (Å²) in [5.74, 6) is 1.45. The zero-order chi connectivity index (χ0) is 17.2. The third-order valence-corrected chi connectivity index (χ3v) is 4.31. The molecule has 0 spiro atoms. The first-order valence-electron chi connectivity index (χ1n) is 8.14. The van der Waals surface area contributed by atoms with Crippen molar-refractivity contribution >= 4 is 11.9 Å². The number of fused-ring (bicyclic) bond motifs is 1. The topological polar surface area (TPSA) is 109 Å². The number of ether oxygens (including phenoxy) is 1. The summed E-state index contributed by atoms with van der Waals surface area (Å²) in [4.78, 5) is 16.7. The second-order valence-corrected chi connectivity index (χ2v) is 5.97. The lowest BCUT2D eigenvalue weighted by molar-refractivity contribution is 0.102. The van der Waals surface area contributed by atoms with Crippen LogP contribution in [0.3, 0.4) is 0 Å². The molecule has 0 unspecified atom stereocenters. The van der Waals surface area contributed by atoms with Gasteiger partial charge in [0.05, 0.1) is 7.11 Å². The molecule has 1 amide bonds. The van der Waals surface area contributed by atoms with Crippen molar-refractivity contribution in [2.45, 2.75) is 25.7 Å². The Bertz CT molecular complexity index is 896. The van der Waals surface area contributed by atoms with Crippen molar-refractivity contribution in [1.29, 1.82) is 0 Å². The molecule has 0 saturated heterocycles. The second-order valence-electron chi connectivity index (χ2n) is 5.97. The van der Waals surface area contributed by atoms with Gasteiger partial charge in [-0.15, -0.1) is 5.10 Å². The van der Waals surface area contributed by atoms with Crippen LogP contribution in [0, 0.1) is 0 Å². The number of aromatic nitrogens is 5. The van der Waals surface area contributed by atoms with Crippen LogP contribution < -0.4 is 10.1 Å². The number of benzene rings is 1. The van der Waals surface area contributed by atoms with Crippen LogP contribution in [-0.2, 0) is 19.3 Å². The van der Waals surface area contributed by atoms with Gasteiger partial charge in [-0.1, -0.05) is 12.1 Å². The van der Waals surface area contributed by atoms with Crippen LogP contribution in [0.25, 0.3) is 0 Å². The number of nitrogens with one attached hydrogen (secondary N) is 3. The maximum absolute atomic E-state index is 12.4. The largest absolute Gasteiger partial charge is 0.497 e. The SMILES string of the molecule is COc1ccc(Cc2nc(NC(=O)c3n[nH]c4c3CCC4)n[nH]2)cc1. The van der Waals surface area contributed by atoms with E-state index in [1.807, 2.05) is 24.3 Å². The van der Waals surface area contributed by atoms with Crippen molar-refractivity contribution < 1.29 is 9.53 Å². The molecule has 0 aliphatic heterocycles. The van der Waals surface area contributed by atoms with Gasteiger partial charge in [0.15, 0.2) is 5.69 Å². The lowest BCUT2D eigenvalue weighted by atomic mass is 10.1. The van der Waals surface area contributed by atoms with Crippen molar-refractivity contribution in [3.8, 4) is 5.75 Å². The molecule has 2 heterocycles. The number of hydrogen-bond acceptors (Lipinski definition) is 5. The molecule has 0 radical (unpaired) electrons. The van der Waals surface area contributed by atoms with Crippen molar-refractivity contribution in [2.75, 3.05) is 12.4 Å². The highest BCUT2D eigenvalue weighted by Crippen LogP contribution is 2.23. The van der Waals surface area contributed by atoms with Gasteiger partial charge < -0.3 is 4.74 Å². The third-order valence-electron chi connectivity index (χ3n) is 4.31. The quantitative estimate of drug-likeness (QED) is 0.658. The summed E-state index contributed by atoms with van der Waals surface area (Å²) >= 11 is 0. The van der Waals surface area contributed by atoms with Crippen LogP contribution in [0.2, 0.25) is 0 Å². The average molecular weight is 338 g/mol. The van der Waals surface area contributed by atoms with Crippen LogP contribution in [0.1, 0.15) is 39.6 Å². The Morgan fingerprint density at radius 2 is 2.04 bits per heavy atom. The molecule has 0 saturated carbocycles. The van der Waals surface area contributed by atoms with Crippen molar-refractivity contribution in [2.24, 2.45) is 0 Å². The van der Waals surface area contributed by atoms with Crippen LogP contribution in [0.5, 0.6) is 5.75 Å². The van der Waals surface area contributed by atoms with Gasteiger partial charge in [-0.2, -0.15) is 10.1 Å². The number of nitrogens with zero attached hydrogens (tertiary/aromatic N) is 3. The molecule has 8 nitrogen and oxygen atoms in total. The number of amides is 1. The van der Waals surface area contributed by atoms with Crippen LogP contribution in [0.15, 0.2) is 24.3 Å². The molecular weight excluding hydrogens is 320 g/mol. The molecule has 3 aromatic rings. The number of carbonyl (C=O) groups is 1. The van der Waals surface area contributed by atoms with Crippen LogP contribution >= 0.6 is 0 Å². The summed E-state index contributed by atoms with van der Waals surface area (Å²) in [6, 6.07) is 7.72. The van der Waals surface area contributed by atoms with Gasteiger partial charge in [0.1, 0.15) is 11.6 Å². The number of carbonyl (C=O) groups excluding carboxylic acids is 1. The Morgan fingerprint density at radius 3 is 2.84 bits per heavy atom. The van der Waals surface area contributed by atoms with E-state index in [4.69, 9.17) is 4.74 Å². The summed E-state index contributed by atoms with van der Waals surface area (Å²) < 4.78 is 5.14. The lowest BCUT2D eigenvalue weighted by Gasteiger charge is -2.01. The maximum atomic E-state index is 12.4. The van der Waals surface area contributed by atoms with E-state index in [1.54, 1.807) is 7.11 Å². The summed E-state index contributed by atoms with van der Waals surface area (Å²) in [6.45, 7) is 0. The van der Waals surface area contributed by atoms with E-state index in [2.05, 4.69) is 30.7 Å². The van der Waals surface area contributed by atoms with Gasteiger partial charge in [-0.25, -0.2) is 0 Å². The highest BCUT2D eigenvalue weighted by molar-refractivity contribution is 6.03. The summed E-state index contributed by atoms with van der Waals surface area (Å²) in [6.07, 6.45) is 3.47. The first kappa shape index (κ1) is 15.4. The minimum absolute atomic E-state index is 0.253. The Morgan fingerprint density at radius 1 is 1.20 bits per heavy atom. The van der Waals surface area contributed by atoms with E-state index in [9.17, 15) is 4.79 Å². The van der Waals surface area contributed by atoms with Gasteiger partial charge in [-0.3, -0.25) is 20.3 Å². The zero-order valence-electron chi connectivity index (χ0n) is 13.8. The molecule has 1 aliphatic rings. The second kappa shape index (κ2) is 6.39. The van der Waals surface area contributed by atoms with E-state index in [-0.39, 0.29) is 11.9 Å². The van der Waals surface area contributed by atoms with E-state index in [0.717, 1.165) is 41.8 Å². The fraction of sp³-hybridized carbons (Fsp3) is 0.294. The Balaban J connectivity index is 1.43. The number of aromatic amines is 2. The van der Waals surface area contributed by atoms with Gasteiger partial charge in [0.2, 0.25) is 5.95 Å². The monoisotopic (exact) mass is 338 g/mol. The Kier molecular flexibility index (Phi) is 3.93. The molecule has 1 aliphatic carbocycles. The third kappa shape index (κ3) is 3.10. The number of anilines is 1. The normalized spacial score (nSPS) is 12.8. The standard InChI is InChI=1S/C17H18N6O2/c1-25-11-7-5-10(6-8-11)9-14-18-17(23-21-14)19-16(24)15-12-3-2-4-13(12)20-22-15/h5-8H,2-4,9H2,1H3,(H,20,22)(H2,18,19,21,23,24). The smallest absolute Gasteiger partial charge is 0.278 e. The predicted octanol–water partition coefficient (Wildman–Crippen LogP) is 1.87. The first-order valence-corrected chi connectivity index (χ1v) is 8.14. The molecule has 25 heavy (non-hydrogen) atoms. The van der Waals surface area contributed by atoms with Crippen LogP contribution in [-0.4, -0.2) is 38.4 Å². The molecule has 3 N–H and O–H groups in total. The molecular formula is C17H18N6O2. The minimum atomic E-state index is -0.283. The molecule has 4 rings (SSSR count). The minimum Gasteiger partial charge on any atom is -0.497 e. The van der Waals surface area contributed by atoms with Gasteiger partial charge in [0.25, 0.3) is 5.91 Å². The fourth-order valence-corrected chi connectivity index (χ4v) is 3.03. The number of aryl methyl sites for hydroxylation is 1. The van der Waals surface area contributed by atoms with E-state index in [1.165, 1.54) is 0 Å². The highest BCUT2D eigenvalue weighted by Gasteiger charge is 2.23. The zero-order valence-corrected chi connectivity index (χ0v) is 13.8. The number of methoxy groups -OCH3 is 1. The number of hydrogen-bond donors (Lipinski definition) is 3. The van der Waals surface area contributed by atoms with Gasteiger partial charge in [0, 0.05) is 17.7 Å². The molecule has 128 valence electrons. The lowest BCUT2D eigenvalue weighted by Crippen LogP contribution is -2.15. The summed E-state index contributed by atoms with van der Waals surface area (Å²) in [7, 11) is 1.63. The molecule has 0 bridgehead atoms. The number of rotatable bonds is 5. The first-order chi connectivity index (χ1) is 12.2. The van der Waals surface area contributed by atoms with Gasteiger partial charge in [-0.05, 0) is 37.0 Å². The molecule has 8 heteroatoms. The molecule has 1 aromatic carbocycles. The maximum Gasteiger partial charge on any atom is 0.278 e. The van der Waals surface area contributed by atoms with E-state index >= 15 is 0 Å². The van der Waals surface area contributed by atoms with E-state index in [0.29, 0.717) is 17.9 Å². The fourth-order valence-electron chi connectivity index (χ4n) is 3.03. The van der Waals surface area contributed by atoms with E-state index < -0.39 is 0 Å². The van der Waals surface area contributed by atoms with Gasteiger partial charge >= 0.3 is 0 Å². The summed E-state index contributed by atoms with van der Waals surface area (Å²) in [5.41, 5.74) is 3.57. The van der Waals surface area contributed by atoms with Crippen LogP contribution in [0.4, 0.5) is 5.95 Å². The number of H-pyrrole nitrogens is 2. The Labute approximate surface area is 144 Å². The Hall–Kier alpha value is -3.16.